The Labute approximate surface area is 64.7 Å². The van der Waals surface area contributed by atoms with Gasteiger partial charge in [-0.15, -0.1) is 0 Å². The van der Waals surface area contributed by atoms with Gasteiger partial charge in [0.2, 0.25) is 0 Å². The highest BCUT2D eigenvalue weighted by Crippen LogP contribution is 2.08. The zero-order chi connectivity index (χ0) is 8.27. The summed E-state index contributed by atoms with van der Waals surface area (Å²) in [6, 6.07) is -0.266. The van der Waals surface area contributed by atoms with Crippen LogP contribution in [0.2, 0.25) is 0 Å². The summed E-state index contributed by atoms with van der Waals surface area (Å²) in [5.41, 5.74) is 0.759. The molecule has 1 atom stereocenters. The second kappa shape index (κ2) is 3.05. The molecule has 0 radical (unpaired) electrons. The van der Waals surface area contributed by atoms with E-state index in [1.54, 1.807) is 18.2 Å². The van der Waals surface area contributed by atoms with Crippen LogP contribution in [0.15, 0.2) is 36.5 Å². The normalized spacial score (nSPS) is 21.8. The zero-order valence-electron chi connectivity index (χ0n) is 5.95. The summed E-state index contributed by atoms with van der Waals surface area (Å²) in [5.74, 6) is 0. The molecular weight excluding hydrogens is 142 g/mol. The van der Waals surface area contributed by atoms with Crippen molar-refractivity contribution in [3.05, 3.63) is 36.5 Å². The third kappa shape index (κ3) is 1.97. The summed E-state index contributed by atoms with van der Waals surface area (Å²) in [5, 5.41) is 10.7. The number of carbonyl (C=O) groups is 1. The predicted molar refractivity (Wildman–Crippen MR) is 42.4 cm³/mol. The van der Waals surface area contributed by atoms with Crippen molar-refractivity contribution in [3.8, 4) is 0 Å². The van der Waals surface area contributed by atoms with Crippen LogP contribution in [0.4, 0.5) is 4.79 Å². The van der Waals surface area contributed by atoms with E-state index in [1.165, 1.54) is 0 Å². The lowest BCUT2D eigenvalue weighted by molar-refractivity contribution is 0.193. The first-order valence-electron chi connectivity index (χ1n) is 3.23. The molecule has 0 bridgehead atoms. The number of carboxylic acid groups (broad SMARTS) is 1. The molecule has 1 aliphatic rings. The van der Waals surface area contributed by atoms with Crippen molar-refractivity contribution in [3.63, 3.8) is 0 Å². The summed E-state index contributed by atoms with van der Waals surface area (Å²) >= 11 is 0. The Morgan fingerprint density at radius 1 is 1.64 bits per heavy atom. The topological polar surface area (TPSA) is 49.3 Å². The predicted octanol–water partition coefficient (Wildman–Crippen LogP) is 1.30. The number of nitrogens with one attached hydrogen (secondary N) is 1. The fraction of sp³-hybridized carbons (Fsp3) is 0.125. The monoisotopic (exact) mass is 151 g/mol. The maximum Gasteiger partial charge on any atom is 0.405 e. The molecule has 3 nitrogen and oxygen atoms in total. The SMILES string of the molecule is C=C1C=CC=CC1NC(=O)O. The Kier molecular flexibility index (Phi) is 2.11. The maximum absolute atomic E-state index is 10.2. The van der Waals surface area contributed by atoms with Gasteiger partial charge in [0.05, 0.1) is 6.04 Å². The van der Waals surface area contributed by atoms with Gasteiger partial charge in [-0.2, -0.15) is 0 Å². The van der Waals surface area contributed by atoms with E-state index >= 15 is 0 Å². The Morgan fingerprint density at radius 2 is 2.36 bits per heavy atom. The standard InChI is InChI=1S/C8H9NO2/c1-6-4-2-3-5-7(6)9-8(10)11/h2-5,7,9H,1H2,(H,10,11). The summed E-state index contributed by atoms with van der Waals surface area (Å²) in [6.07, 6.45) is 6.10. The average molecular weight is 151 g/mol. The summed E-state index contributed by atoms with van der Waals surface area (Å²) in [7, 11) is 0. The van der Waals surface area contributed by atoms with E-state index in [9.17, 15) is 4.79 Å². The van der Waals surface area contributed by atoms with Crippen LogP contribution in [-0.4, -0.2) is 17.2 Å². The second-order valence-electron chi connectivity index (χ2n) is 2.25. The number of hydrogen-bond donors (Lipinski definition) is 2. The van der Waals surface area contributed by atoms with Crippen molar-refractivity contribution in [2.45, 2.75) is 6.04 Å². The molecule has 11 heavy (non-hydrogen) atoms. The molecule has 58 valence electrons. The highest BCUT2D eigenvalue weighted by atomic mass is 16.4. The molecular formula is C8H9NO2. The Balaban J connectivity index is 2.59. The lowest BCUT2D eigenvalue weighted by atomic mass is 10.0. The molecule has 1 rings (SSSR count). The Morgan fingerprint density at radius 3 is 2.91 bits per heavy atom. The van der Waals surface area contributed by atoms with Gasteiger partial charge in [-0.25, -0.2) is 4.79 Å². The van der Waals surface area contributed by atoms with Crippen LogP contribution in [0.25, 0.3) is 0 Å². The minimum atomic E-state index is -1.03. The molecule has 0 aliphatic heterocycles. The van der Waals surface area contributed by atoms with Crippen molar-refractivity contribution in [2.75, 3.05) is 0 Å². The van der Waals surface area contributed by atoms with Crippen LogP contribution in [0.5, 0.6) is 0 Å². The van der Waals surface area contributed by atoms with E-state index < -0.39 is 6.09 Å². The van der Waals surface area contributed by atoms with Gasteiger partial charge < -0.3 is 10.4 Å². The fourth-order valence-electron chi connectivity index (χ4n) is 0.856. The van der Waals surface area contributed by atoms with Gasteiger partial charge in [-0.05, 0) is 5.57 Å². The average Bonchev–Trinajstić information content (AvgIpc) is 1.93. The van der Waals surface area contributed by atoms with E-state index in [-0.39, 0.29) is 6.04 Å². The quantitative estimate of drug-likeness (QED) is 0.593. The van der Waals surface area contributed by atoms with Crippen LogP contribution < -0.4 is 5.32 Å². The molecule has 0 aromatic carbocycles. The van der Waals surface area contributed by atoms with E-state index in [4.69, 9.17) is 5.11 Å². The summed E-state index contributed by atoms with van der Waals surface area (Å²) in [6.45, 7) is 3.68. The lowest BCUT2D eigenvalue weighted by Crippen LogP contribution is -2.33. The Bertz CT molecular complexity index is 240. The largest absolute Gasteiger partial charge is 0.465 e. The van der Waals surface area contributed by atoms with Gasteiger partial charge in [0.1, 0.15) is 0 Å². The minimum absolute atomic E-state index is 0.266. The fourth-order valence-corrected chi connectivity index (χ4v) is 0.856. The molecule has 1 unspecified atom stereocenters. The summed E-state index contributed by atoms with van der Waals surface area (Å²) in [4.78, 5) is 10.2. The first-order chi connectivity index (χ1) is 5.20. The molecule has 3 heteroatoms. The smallest absolute Gasteiger partial charge is 0.405 e. The van der Waals surface area contributed by atoms with Gasteiger partial charge in [0.25, 0.3) is 0 Å². The molecule has 0 saturated carbocycles. The molecule has 0 fully saturated rings. The third-order valence-electron chi connectivity index (χ3n) is 1.40. The number of hydrogen-bond acceptors (Lipinski definition) is 1. The lowest BCUT2D eigenvalue weighted by Gasteiger charge is -2.14. The van der Waals surface area contributed by atoms with Gasteiger partial charge in [0, 0.05) is 0 Å². The van der Waals surface area contributed by atoms with E-state index in [1.807, 2.05) is 6.08 Å². The second-order valence-corrected chi connectivity index (χ2v) is 2.25. The van der Waals surface area contributed by atoms with Crippen LogP contribution in [0, 0.1) is 0 Å². The van der Waals surface area contributed by atoms with Gasteiger partial charge in [0.15, 0.2) is 0 Å². The maximum atomic E-state index is 10.2. The van der Waals surface area contributed by atoms with Crippen LogP contribution in [-0.2, 0) is 0 Å². The van der Waals surface area contributed by atoms with Crippen LogP contribution >= 0.6 is 0 Å². The van der Waals surface area contributed by atoms with Gasteiger partial charge in [-0.1, -0.05) is 30.9 Å². The van der Waals surface area contributed by atoms with Crippen LogP contribution in [0.3, 0.4) is 0 Å². The van der Waals surface area contributed by atoms with Crippen molar-refractivity contribution in [1.29, 1.82) is 0 Å². The van der Waals surface area contributed by atoms with Gasteiger partial charge >= 0.3 is 6.09 Å². The molecule has 0 aromatic rings. The molecule has 0 aromatic heterocycles. The molecule has 1 amide bonds. The number of rotatable bonds is 1. The molecule has 0 saturated heterocycles. The highest BCUT2D eigenvalue weighted by molar-refractivity contribution is 5.66. The van der Waals surface area contributed by atoms with Crippen molar-refractivity contribution >= 4 is 6.09 Å². The molecule has 1 aliphatic carbocycles. The minimum Gasteiger partial charge on any atom is -0.465 e. The molecule has 2 N–H and O–H groups in total. The highest BCUT2D eigenvalue weighted by Gasteiger charge is 2.10. The van der Waals surface area contributed by atoms with E-state index in [0.29, 0.717) is 0 Å². The van der Waals surface area contributed by atoms with Crippen molar-refractivity contribution < 1.29 is 9.90 Å². The molecule has 0 heterocycles. The first kappa shape index (κ1) is 7.60. The third-order valence-corrected chi connectivity index (χ3v) is 1.40. The number of allylic oxidation sites excluding steroid dienone is 2. The Hall–Kier alpha value is -1.51. The zero-order valence-corrected chi connectivity index (χ0v) is 5.95. The van der Waals surface area contributed by atoms with Crippen molar-refractivity contribution in [2.24, 2.45) is 0 Å². The first-order valence-corrected chi connectivity index (χ1v) is 3.23. The van der Waals surface area contributed by atoms with Crippen molar-refractivity contribution in [1.82, 2.24) is 5.32 Å². The molecule has 0 spiro atoms. The van der Waals surface area contributed by atoms with E-state index in [0.717, 1.165) is 5.57 Å². The summed E-state index contributed by atoms with van der Waals surface area (Å²) < 4.78 is 0. The number of amides is 1. The van der Waals surface area contributed by atoms with Gasteiger partial charge in [-0.3, -0.25) is 0 Å². The van der Waals surface area contributed by atoms with E-state index in [2.05, 4.69) is 11.9 Å². The van der Waals surface area contributed by atoms with Crippen LogP contribution in [0.1, 0.15) is 0 Å².